The van der Waals surface area contributed by atoms with Crippen LogP contribution in [0.4, 0.5) is 8.78 Å². The molecule has 4 heteroatoms. The van der Waals surface area contributed by atoms with Gasteiger partial charge >= 0.3 is 0 Å². The van der Waals surface area contributed by atoms with Crippen LogP contribution in [0.1, 0.15) is 0 Å². The molecule has 0 saturated heterocycles. The van der Waals surface area contributed by atoms with Crippen molar-refractivity contribution in [2.24, 2.45) is 0 Å². The summed E-state index contributed by atoms with van der Waals surface area (Å²) in [5.74, 6) is 0. The molecule has 8 heavy (non-hydrogen) atoms. The summed E-state index contributed by atoms with van der Waals surface area (Å²) in [4.78, 5) is 0. The van der Waals surface area contributed by atoms with Crippen molar-refractivity contribution in [2.45, 2.75) is 25.6 Å². The molecule has 0 nitrogen and oxygen atoms in total. The summed E-state index contributed by atoms with van der Waals surface area (Å²) in [6.07, 6.45) is -2.23. The fourth-order valence-corrected chi connectivity index (χ4v) is 1.45. The van der Waals surface area contributed by atoms with E-state index in [2.05, 4.69) is 0 Å². The first-order valence-corrected chi connectivity index (χ1v) is 6.61. The largest absolute Gasteiger partial charge is 0.237 e. The minimum Gasteiger partial charge on any atom is -0.211 e. The van der Waals surface area contributed by atoms with Crippen LogP contribution in [-0.4, -0.2) is 13.8 Å². The van der Waals surface area contributed by atoms with E-state index < -0.39 is 13.8 Å². The minimum absolute atomic E-state index is 0.103. The van der Waals surface area contributed by atoms with Gasteiger partial charge in [-0.3, -0.25) is 0 Å². The third-order valence-corrected chi connectivity index (χ3v) is 2.38. The quantitative estimate of drug-likeness (QED) is 0.428. The predicted octanol–water partition coefficient (Wildman–Crippen LogP) is 2.70. The Balaban J connectivity index is 3.39. The van der Waals surface area contributed by atoms with Crippen LogP contribution in [-0.2, 0) is 0 Å². The lowest BCUT2D eigenvalue weighted by Gasteiger charge is -2.09. The fraction of sp³-hybridized carbons (Fsp3) is 1.00. The summed E-state index contributed by atoms with van der Waals surface area (Å²) in [7, 11) is -2.00. The second-order valence-corrected chi connectivity index (χ2v) is 9.23. The molecule has 0 bridgehead atoms. The summed E-state index contributed by atoms with van der Waals surface area (Å²) in [5, 5.41) is 0. The molecule has 0 unspecified atom stereocenters. The van der Waals surface area contributed by atoms with Gasteiger partial charge in [-0.2, -0.15) is 11.1 Å². The van der Waals surface area contributed by atoms with Crippen molar-refractivity contribution in [2.75, 3.05) is 0 Å². The van der Waals surface area contributed by atoms with Crippen LogP contribution in [0.25, 0.3) is 0 Å². The topological polar surface area (TPSA) is 0 Å². The summed E-state index contributed by atoms with van der Waals surface area (Å²) < 4.78 is 23.0. The van der Waals surface area contributed by atoms with E-state index in [9.17, 15) is 8.78 Å². The molecular formula is C4H9ClF2Si. The lowest BCUT2D eigenvalue weighted by Crippen LogP contribution is -2.19. The number of alkyl halides is 2. The van der Waals surface area contributed by atoms with E-state index in [-0.39, 0.29) is 6.04 Å². The SMILES string of the molecule is C[Si](C)(Cl)CC(F)F. The summed E-state index contributed by atoms with van der Waals surface area (Å²) in [6, 6.07) is -0.103. The Labute approximate surface area is 53.6 Å². The normalized spacial score (nSPS) is 12.8. The van der Waals surface area contributed by atoms with E-state index in [1.54, 1.807) is 13.1 Å². The van der Waals surface area contributed by atoms with E-state index in [1.165, 1.54) is 0 Å². The fourth-order valence-electron chi connectivity index (χ4n) is 0.367. The molecule has 0 rings (SSSR count). The molecule has 0 aliphatic rings. The molecule has 0 heterocycles. The Morgan fingerprint density at radius 2 is 1.88 bits per heavy atom. The van der Waals surface area contributed by atoms with E-state index in [1.807, 2.05) is 0 Å². The Morgan fingerprint density at radius 1 is 1.50 bits per heavy atom. The Hall–Kier alpha value is 0.367. The smallest absolute Gasteiger partial charge is 0.211 e. The number of hydrogen-bond donors (Lipinski definition) is 0. The van der Waals surface area contributed by atoms with Gasteiger partial charge in [-0.25, -0.2) is 8.78 Å². The van der Waals surface area contributed by atoms with Gasteiger partial charge in [0.25, 0.3) is 0 Å². The van der Waals surface area contributed by atoms with Crippen LogP contribution in [0.2, 0.25) is 19.1 Å². The zero-order chi connectivity index (χ0) is 6.78. The second kappa shape index (κ2) is 2.78. The maximum Gasteiger partial charge on any atom is 0.237 e. The molecule has 0 atom stereocenters. The van der Waals surface area contributed by atoms with E-state index >= 15 is 0 Å². The standard InChI is InChI=1S/C4H9ClF2Si/c1-8(2,5)3-4(6)7/h4H,3H2,1-2H3. The van der Waals surface area contributed by atoms with Gasteiger partial charge in [0.1, 0.15) is 0 Å². The van der Waals surface area contributed by atoms with Gasteiger partial charge in [0, 0.05) is 6.04 Å². The minimum atomic E-state index is -2.23. The highest BCUT2D eigenvalue weighted by Crippen LogP contribution is 2.18. The van der Waals surface area contributed by atoms with Crippen LogP contribution in [0, 0.1) is 0 Å². The average molecular weight is 159 g/mol. The first-order chi connectivity index (χ1) is 3.42. The van der Waals surface area contributed by atoms with Gasteiger partial charge in [-0.1, -0.05) is 13.1 Å². The third kappa shape index (κ3) is 6.37. The van der Waals surface area contributed by atoms with Gasteiger partial charge in [0.15, 0.2) is 7.38 Å². The zero-order valence-corrected chi connectivity index (χ0v) is 6.67. The Morgan fingerprint density at radius 3 is 1.88 bits per heavy atom. The molecule has 0 aromatic rings. The predicted molar refractivity (Wildman–Crippen MR) is 34.1 cm³/mol. The molecular weight excluding hydrogens is 150 g/mol. The van der Waals surface area contributed by atoms with E-state index in [4.69, 9.17) is 11.1 Å². The van der Waals surface area contributed by atoms with Gasteiger partial charge in [0.2, 0.25) is 6.43 Å². The maximum absolute atomic E-state index is 11.5. The molecule has 0 N–H and O–H groups in total. The highest BCUT2D eigenvalue weighted by molar-refractivity contribution is 7.19. The molecule has 0 aliphatic heterocycles. The molecule has 0 saturated carbocycles. The summed E-state index contributed by atoms with van der Waals surface area (Å²) in [5.41, 5.74) is 0. The van der Waals surface area contributed by atoms with Crippen molar-refractivity contribution in [3.05, 3.63) is 0 Å². The molecule has 0 aliphatic carbocycles. The average Bonchev–Trinajstić information content (AvgIpc) is 1.21. The van der Waals surface area contributed by atoms with Crippen molar-refractivity contribution in [3.8, 4) is 0 Å². The maximum atomic E-state index is 11.5. The van der Waals surface area contributed by atoms with Gasteiger partial charge in [0.05, 0.1) is 0 Å². The van der Waals surface area contributed by atoms with Gasteiger partial charge in [-0.05, 0) is 0 Å². The highest BCUT2D eigenvalue weighted by atomic mass is 35.6. The first kappa shape index (κ1) is 8.37. The first-order valence-electron chi connectivity index (χ1n) is 2.39. The van der Waals surface area contributed by atoms with Crippen molar-refractivity contribution in [1.82, 2.24) is 0 Å². The monoisotopic (exact) mass is 158 g/mol. The van der Waals surface area contributed by atoms with Crippen molar-refractivity contribution < 1.29 is 8.78 Å². The molecule has 0 fully saturated rings. The summed E-state index contributed by atoms with van der Waals surface area (Å²) in [6.45, 7) is 3.42. The lowest BCUT2D eigenvalue weighted by molar-refractivity contribution is 0.170. The molecule has 0 spiro atoms. The number of hydrogen-bond acceptors (Lipinski definition) is 0. The van der Waals surface area contributed by atoms with Gasteiger partial charge < -0.3 is 0 Å². The van der Waals surface area contributed by atoms with Crippen LogP contribution < -0.4 is 0 Å². The molecule has 50 valence electrons. The highest BCUT2D eigenvalue weighted by Gasteiger charge is 2.22. The molecule has 0 aromatic heterocycles. The van der Waals surface area contributed by atoms with Crippen molar-refractivity contribution >= 4 is 18.5 Å². The van der Waals surface area contributed by atoms with Crippen molar-refractivity contribution in [3.63, 3.8) is 0 Å². The molecule has 0 radical (unpaired) electrons. The van der Waals surface area contributed by atoms with E-state index in [0.29, 0.717) is 0 Å². The Bertz CT molecular complexity index is 68.9. The second-order valence-electron chi connectivity index (χ2n) is 2.31. The molecule has 0 amide bonds. The van der Waals surface area contributed by atoms with Crippen LogP contribution in [0.15, 0.2) is 0 Å². The Kier molecular flexibility index (Phi) is 2.91. The third-order valence-electron chi connectivity index (χ3n) is 0.640. The van der Waals surface area contributed by atoms with E-state index in [0.717, 1.165) is 0 Å². The lowest BCUT2D eigenvalue weighted by atomic mass is 10.9. The van der Waals surface area contributed by atoms with Crippen LogP contribution in [0.3, 0.4) is 0 Å². The van der Waals surface area contributed by atoms with Crippen molar-refractivity contribution in [1.29, 1.82) is 0 Å². The number of halogens is 3. The zero-order valence-electron chi connectivity index (χ0n) is 4.92. The molecule has 0 aromatic carbocycles. The summed E-state index contributed by atoms with van der Waals surface area (Å²) >= 11 is 5.59. The van der Waals surface area contributed by atoms with Crippen LogP contribution >= 0.6 is 11.1 Å². The van der Waals surface area contributed by atoms with Gasteiger partial charge in [-0.15, -0.1) is 0 Å². The van der Waals surface area contributed by atoms with Crippen LogP contribution in [0.5, 0.6) is 0 Å². The number of rotatable bonds is 2.